The predicted molar refractivity (Wildman–Crippen MR) is 64.7 cm³/mol. The average molecular weight is 260 g/mol. The Morgan fingerprint density at radius 2 is 2.24 bits per heavy atom. The van der Waals surface area contributed by atoms with Crippen LogP contribution in [0.1, 0.15) is 31.9 Å². The van der Waals surface area contributed by atoms with Gasteiger partial charge in [-0.05, 0) is 31.5 Å². The molecule has 0 saturated carbocycles. The Bertz CT molecular complexity index is 411. The van der Waals surface area contributed by atoms with Crippen molar-refractivity contribution in [2.24, 2.45) is 0 Å². The lowest BCUT2D eigenvalue weighted by molar-refractivity contribution is -0.140. The monoisotopic (exact) mass is 259 g/mol. The van der Waals surface area contributed by atoms with Gasteiger partial charge in [-0.2, -0.15) is 0 Å². The fourth-order valence-corrected chi connectivity index (χ4v) is 1.61. The summed E-state index contributed by atoms with van der Waals surface area (Å²) in [5.74, 6) is -1.69. The first-order valence-electron chi connectivity index (χ1n) is 5.39. The first kappa shape index (κ1) is 13.9. The first-order valence-corrected chi connectivity index (χ1v) is 5.77. The zero-order valence-electron chi connectivity index (χ0n) is 9.71. The van der Waals surface area contributed by atoms with Crippen LogP contribution in [0, 0.1) is 5.82 Å². The molecular formula is C12H15ClFNO2. The Hall–Kier alpha value is -1.13. The van der Waals surface area contributed by atoms with Crippen molar-refractivity contribution in [2.75, 3.05) is 0 Å². The Morgan fingerprint density at radius 3 is 2.76 bits per heavy atom. The van der Waals surface area contributed by atoms with Crippen LogP contribution in [0.15, 0.2) is 18.2 Å². The molecule has 0 radical (unpaired) electrons. The summed E-state index contributed by atoms with van der Waals surface area (Å²) >= 11 is 5.75. The minimum absolute atomic E-state index is 0.0190. The van der Waals surface area contributed by atoms with E-state index in [0.29, 0.717) is 5.02 Å². The van der Waals surface area contributed by atoms with Crippen LogP contribution in [-0.4, -0.2) is 17.1 Å². The molecule has 0 bridgehead atoms. The van der Waals surface area contributed by atoms with Crippen LogP contribution in [0.3, 0.4) is 0 Å². The molecule has 0 aliphatic carbocycles. The van der Waals surface area contributed by atoms with Gasteiger partial charge in [0, 0.05) is 16.6 Å². The molecule has 1 aromatic carbocycles. The summed E-state index contributed by atoms with van der Waals surface area (Å²) in [5.41, 5.74) is 0.0605. The molecule has 0 spiro atoms. The predicted octanol–water partition coefficient (Wildman–Crippen LogP) is 2.99. The summed E-state index contributed by atoms with van der Waals surface area (Å²) in [5, 5.41) is 12.3. The van der Waals surface area contributed by atoms with Gasteiger partial charge in [-0.3, -0.25) is 10.1 Å². The van der Waals surface area contributed by atoms with Gasteiger partial charge in [0.15, 0.2) is 0 Å². The fourth-order valence-electron chi connectivity index (χ4n) is 1.43. The van der Waals surface area contributed by atoms with Gasteiger partial charge in [0.05, 0.1) is 0 Å². The van der Waals surface area contributed by atoms with Gasteiger partial charge in [0.25, 0.3) is 0 Å². The highest BCUT2D eigenvalue weighted by Crippen LogP contribution is 2.22. The molecular weight excluding hydrogens is 245 g/mol. The van der Waals surface area contributed by atoms with E-state index in [4.69, 9.17) is 16.7 Å². The highest BCUT2D eigenvalue weighted by molar-refractivity contribution is 6.30. The van der Waals surface area contributed by atoms with Gasteiger partial charge in [-0.1, -0.05) is 18.5 Å². The number of carboxylic acids is 1. The highest BCUT2D eigenvalue weighted by atomic mass is 35.5. The average Bonchev–Trinajstić information content (AvgIpc) is 2.28. The van der Waals surface area contributed by atoms with Crippen LogP contribution in [0.25, 0.3) is 0 Å². The Morgan fingerprint density at radius 1 is 1.59 bits per heavy atom. The van der Waals surface area contributed by atoms with E-state index in [1.54, 1.807) is 0 Å². The van der Waals surface area contributed by atoms with Crippen molar-refractivity contribution in [1.29, 1.82) is 0 Å². The maximum atomic E-state index is 13.6. The Kier molecular flexibility index (Phi) is 4.90. The number of hydrogen-bond acceptors (Lipinski definition) is 2. The quantitative estimate of drug-likeness (QED) is 0.855. The summed E-state index contributed by atoms with van der Waals surface area (Å²) in [7, 11) is 0. The maximum Gasteiger partial charge on any atom is 0.325 e. The third kappa shape index (κ3) is 3.68. The number of aliphatic carboxylic acids is 1. The minimum Gasteiger partial charge on any atom is -0.480 e. The summed E-state index contributed by atoms with van der Waals surface area (Å²) in [4.78, 5) is 11.1. The van der Waals surface area contributed by atoms with E-state index in [0.717, 1.165) is 6.42 Å². The largest absolute Gasteiger partial charge is 0.480 e. The van der Waals surface area contributed by atoms with E-state index >= 15 is 0 Å². The number of nitrogens with one attached hydrogen (secondary N) is 1. The van der Waals surface area contributed by atoms with Crippen molar-refractivity contribution in [1.82, 2.24) is 5.32 Å². The molecule has 0 aromatic heterocycles. The summed E-state index contributed by atoms with van der Waals surface area (Å²) in [6.45, 7) is 3.77. The van der Waals surface area contributed by atoms with Crippen molar-refractivity contribution in [3.8, 4) is 0 Å². The van der Waals surface area contributed by atoms with Crippen LogP contribution in [0.2, 0.25) is 5.02 Å². The zero-order valence-corrected chi connectivity index (χ0v) is 10.5. The van der Waals surface area contributed by atoms with Crippen LogP contribution in [0.4, 0.5) is 4.39 Å². The van der Waals surface area contributed by atoms with E-state index in [2.05, 4.69) is 5.32 Å². The smallest absolute Gasteiger partial charge is 0.325 e. The molecule has 1 aromatic rings. The van der Waals surface area contributed by atoms with Gasteiger partial charge >= 0.3 is 5.97 Å². The SMILES string of the molecule is CCC(C)NC(C(=O)O)c1cc(Cl)ccc1F. The number of benzene rings is 1. The number of carbonyl (C=O) groups is 1. The molecule has 2 N–H and O–H groups in total. The molecule has 0 saturated heterocycles. The molecule has 94 valence electrons. The maximum absolute atomic E-state index is 13.6. The van der Waals surface area contributed by atoms with Crippen molar-refractivity contribution in [3.05, 3.63) is 34.6 Å². The molecule has 5 heteroatoms. The van der Waals surface area contributed by atoms with Gasteiger partial charge in [0.2, 0.25) is 0 Å². The number of hydrogen-bond donors (Lipinski definition) is 2. The van der Waals surface area contributed by atoms with Crippen LogP contribution < -0.4 is 5.32 Å². The van der Waals surface area contributed by atoms with Gasteiger partial charge in [0.1, 0.15) is 11.9 Å². The second-order valence-electron chi connectivity index (χ2n) is 3.91. The third-order valence-corrected chi connectivity index (χ3v) is 2.81. The van der Waals surface area contributed by atoms with Crippen molar-refractivity contribution in [2.45, 2.75) is 32.4 Å². The van der Waals surface area contributed by atoms with E-state index in [-0.39, 0.29) is 11.6 Å². The van der Waals surface area contributed by atoms with Gasteiger partial charge in [-0.25, -0.2) is 4.39 Å². The lowest BCUT2D eigenvalue weighted by Gasteiger charge is -2.20. The molecule has 0 aliphatic heterocycles. The Labute approximate surface area is 105 Å². The van der Waals surface area contributed by atoms with Crippen molar-refractivity contribution >= 4 is 17.6 Å². The topological polar surface area (TPSA) is 49.3 Å². The van der Waals surface area contributed by atoms with Crippen LogP contribution in [0.5, 0.6) is 0 Å². The Balaban J connectivity index is 3.05. The highest BCUT2D eigenvalue weighted by Gasteiger charge is 2.24. The van der Waals surface area contributed by atoms with E-state index in [9.17, 15) is 9.18 Å². The molecule has 2 unspecified atom stereocenters. The van der Waals surface area contributed by atoms with E-state index in [1.807, 2.05) is 13.8 Å². The molecule has 0 amide bonds. The minimum atomic E-state index is -1.12. The van der Waals surface area contributed by atoms with Gasteiger partial charge < -0.3 is 5.11 Å². The summed E-state index contributed by atoms with van der Waals surface area (Å²) in [6.07, 6.45) is 0.756. The van der Waals surface area contributed by atoms with Crippen LogP contribution >= 0.6 is 11.6 Å². The molecule has 2 atom stereocenters. The lowest BCUT2D eigenvalue weighted by Crippen LogP contribution is -2.35. The third-order valence-electron chi connectivity index (χ3n) is 2.58. The molecule has 1 rings (SSSR count). The summed E-state index contributed by atoms with van der Waals surface area (Å²) < 4.78 is 13.6. The van der Waals surface area contributed by atoms with Crippen LogP contribution in [-0.2, 0) is 4.79 Å². The van der Waals surface area contributed by atoms with Crippen molar-refractivity contribution < 1.29 is 14.3 Å². The fraction of sp³-hybridized carbons (Fsp3) is 0.417. The zero-order chi connectivity index (χ0) is 13.0. The molecule has 0 heterocycles. The first-order chi connectivity index (χ1) is 7.95. The standard InChI is InChI=1S/C12H15ClFNO2/c1-3-7(2)15-11(12(16)17)9-6-8(13)4-5-10(9)14/h4-7,11,15H,3H2,1-2H3,(H,16,17). The molecule has 3 nitrogen and oxygen atoms in total. The number of carboxylic acid groups (broad SMARTS) is 1. The molecule has 0 aliphatic rings. The molecule has 17 heavy (non-hydrogen) atoms. The number of halogens is 2. The second kappa shape index (κ2) is 5.98. The normalized spacial score (nSPS) is 14.4. The summed E-state index contributed by atoms with van der Waals surface area (Å²) in [6, 6.07) is 2.80. The van der Waals surface area contributed by atoms with E-state index in [1.165, 1.54) is 18.2 Å². The van der Waals surface area contributed by atoms with Crippen molar-refractivity contribution in [3.63, 3.8) is 0 Å². The second-order valence-corrected chi connectivity index (χ2v) is 4.35. The van der Waals surface area contributed by atoms with E-state index < -0.39 is 17.8 Å². The lowest BCUT2D eigenvalue weighted by atomic mass is 10.0. The molecule has 0 fully saturated rings. The van der Waals surface area contributed by atoms with Gasteiger partial charge in [-0.15, -0.1) is 0 Å². The number of rotatable bonds is 5.